The lowest BCUT2D eigenvalue weighted by Crippen LogP contribution is -2.18. The molecule has 0 heterocycles. The van der Waals surface area contributed by atoms with Crippen molar-refractivity contribution in [3.05, 3.63) is 59.8 Å². The summed E-state index contributed by atoms with van der Waals surface area (Å²) in [6.45, 7) is 9.81. The lowest BCUT2D eigenvalue weighted by Gasteiger charge is -2.20. The molecule has 21 heavy (non-hydrogen) atoms. The lowest BCUT2D eigenvalue weighted by atomic mass is 9.95. The summed E-state index contributed by atoms with van der Waals surface area (Å²) in [7, 11) is 0. The van der Waals surface area contributed by atoms with Crippen molar-refractivity contribution in [1.29, 1.82) is 0 Å². The van der Waals surface area contributed by atoms with Gasteiger partial charge < -0.3 is 9.47 Å². The minimum Gasteiger partial charge on any atom is -0.460 e. The summed E-state index contributed by atoms with van der Waals surface area (Å²) < 4.78 is 10.7. The van der Waals surface area contributed by atoms with Crippen LogP contribution in [0.25, 0.3) is 0 Å². The molecule has 0 saturated carbocycles. The molecule has 0 saturated heterocycles. The highest BCUT2D eigenvalue weighted by Gasteiger charge is 2.14. The molecule has 1 aliphatic carbocycles. The molecule has 0 radical (unpaired) electrons. The highest BCUT2D eigenvalue weighted by Crippen LogP contribution is 2.23. The molecule has 0 aliphatic heterocycles. The van der Waals surface area contributed by atoms with Crippen molar-refractivity contribution in [2.45, 2.75) is 33.3 Å². The predicted octanol–water partition coefficient (Wildman–Crippen LogP) is 3.90. The number of ether oxygens (including phenoxy) is 2. The first-order valence-corrected chi connectivity index (χ1v) is 7.19. The summed E-state index contributed by atoms with van der Waals surface area (Å²) in [6, 6.07) is 0. The highest BCUT2D eigenvalue weighted by atomic mass is 16.6. The van der Waals surface area contributed by atoms with Crippen LogP contribution in [0.2, 0.25) is 0 Å². The van der Waals surface area contributed by atoms with E-state index in [0.717, 1.165) is 6.42 Å². The molecular formula is C18H24O3. The quantitative estimate of drug-likeness (QED) is 0.405. The number of hydrogen-bond acceptors (Lipinski definition) is 3. The van der Waals surface area contributed by atoms with Crippen LogP contribution in [0.4, 0.5) is 0 Å². The van der Waals surface area contributed by atoms with Crippen molar-refractivity contribution in [3.8, 4) is 0 Å². The van der Waals surface area contributed by atoms with E-state index in [2.05, 4.69) is 24.8 Å². The Hall–Kier alpha value is -1.87. The molecule has 3 heteroatoms. The van der Waals surface area contributed by atoms with Crippen LogP contribution in [0.3, 0.4) is 0 Å². The van der Waals surface area contributed by atoms with Crippen LogP contribution < -0.4 is 0 Å². The predicted molar refractivity (Wildman–Crippen MR) is 85.9 cm³/mol. The fourth-order valence-electron chi connectivity index (χ4n) is 2.00. The molecule has 3 nitrogen and oxygen atoms in total. The van der Waals surface area contributed by atoms with E-state index in [9.17, 15) is 4.79 Å². The van der Waals surface area contributed by atoms with Gasteiger partial charge in [-0.15, -0.1) is 0 Å². The van der Waals surface area contributed by atoms with Crippen molar-refractivity contribution < 1.29 is 14.3 Å². The van der Waals surface area contributed by atoms with Crippen molar-refractivity contribution in [1.82, 2.24) is 0 Å². The Morgan fingerprint density at radius 2 is 2.05 bits per heavy atom. The summed E-state index contributed by atoms with van der Waals surface area (Å²) >= 11 is 0. The van der Waals surface area contributed by atoms with E-state index in [-0.39, 0.29) is 18.7 Å². The van der Waals surface area contributed by atoms with E-state index in [0.29, 0.717) is 12.2 Å². The summed E-state index contributed by atoms with van der Waals surface area (Å²) in [6.07, 6.45) is 13.2. The van der Waals surface area contributed by atoms with Gasteiger partial charge in [0.1, 0.15) is 6.61 Å². The zero-order chi connectivity index (χ0) is 15.7. The number of hydrogen-bond donors (Lipinski definition) is 0. The SMILES string of the molecule is C=C(C)C(=O)OCCOC1C=CC(/C=C\C)=C(/C=C\C)C1. The summed E-state index contributed by atoms with van der Waals surface area (Å²) in [5.41, 5.74) is 2.87. The molecule has 1 aliphatic rings. The monoisotopic (exact) mass is 288 g/mol. The first kappa shape index (κ1) is 17.2. The lowest BCUT2D eigenvalue weighted by molar-refractivity contribution is -0.140. The van der Waals surface area contributed by atoms with Crippen molar-refractivity contribution in [2.24, 2.45) is 0 Å². The van der Waals surface area contributed by atoms with Crippen molar-refractivity contribution in [2.75, 3.05) is 13.2 Å². The van der Waals surface area contributed by atoms with Crippen LogP contribution >= 0.6 is 0 Å². The van der Waals surface area contributed by atoms with Gasteiger partial charge in [-0.25, -0.2) is 4.79 Å². The number of allylic oxidation sites excluding steroid dienone is 6. The molecule has 114 valence electrons. The van der Waals surface area contributed by atoms with Crippen molar-refractivity contribution in [3.63, 3.8) is 0 Å². The third kappa shape index (κ3) is 5.96. The smallest absolute Gasteiger partial charge is 0.333 e. The third-order valence-corrected chi connectivity index (χ3v) is 2.99. The molecule has 0 N–H and O–H groups in total. The van der Waals surface area contributed by atoms with Gasteiger partial charge in [-0.05, 0) is 31.9 Å². The Morgan fingerprint density at radius 1 is 1.33 bits per heavy atom. The van der Waals surface area contributed by atoms with Crippen LogP contribution in [0.5, 0.6) is 0 Å². The topological polar surface area (TPSA) is 35.5 Å². The van der Waals surface area contributed by atoms with E-state index < -0.39 is 0 Å². The molecule has 1 atom stereocenters. The van der Waals surface area contributed by atoms with Crippen LogP contribution in [-0.2, 0) is 14.3 Å². The molecule has 0 bridgehead atoms. The Bertz CT molecular complexity index is 493. The minimum atomic E-state index is -0.373. The van der Waals surface area contributed by atoms with Crippen LogP contribution in [0.1, 0.15) is 27.2 Å². The van der Waals surface area contributed by atoms with Gasteiger partial charge >= 0.3 is 5.97 Å². The van der Waals surface area contributed by atoms with E-state index in [1.807, 2.05) is 32.1 Å². The van der Waals surface area contributed by atoms with Gasteiger partial charge in [0.25, 0.3) is 0 Å². The molecule has 1 rings (SSSR count). The molecule has 0 spiro atoms. The van der Waals surface area contributed by atoms with Crippen LogP contribution in [0, 0.1) is 0 Å². The molecule has 0 aromatic heterocycles. The standard InChI is InChI=1S/C18H24O3/c1-5-7-15-9-10-17(13-16(15)8-6-2)20-11-12-21-18(19)14(3)4/h5-10,17H,3,11-13H2,1-2,4H3/b7-5-,8-6-. The summed E-state index contributed by atoms with van der Waals surface area (Å²) in [5.74, 6) is -0.373. The highest BCUT2D eigenvalue weighted by molar-refractivity contribution is 5.86. The largest absolute Gasteiger partial charge is 0.460 e. The molecular weight excluding hydrogens is 264 g/mol. The average molecular weight is 288 g/mol. The normalized spacial score (nSPS) is 18.7. The van der Waals surface area contributed by atoms with Gasteiger partial charge in [0.2, 0.25) is 0 Å². The maximum Gasteiger partial charge on any atom is 0.333 e. The molecule has 0 fully saturated rings. The first-order chi connectivity index (χ1) is 10.1. The van der Waals surface area contributed by atoms with Gasteiger partial charge in [-0.2, -0.15) is 0 Å². The summed E-state index contributed by atoms with van der Waals surface area (Å²) in [4.78, 5) is 11.2. The van der Waals surface area contributed by atoms with Gasteiger partial charge in [0.15, 0.2) is 0 Å². The second-order valence-corrected chi connectivity index (χ2v) is 4.87. The Morgan fingerprint density at radius 3 is 2.67 bits per heavy atom. The first-order valence-electron chi connectivity index (χ1n) is 7.19. The Balaban J connectivity index is 2.45. The Kier molecular flexibility index (Phi) is 7.48. The van der Waals surface area contributed by atoms with Crippen LogP contribution in [-0.4, -0.2) is 25.3 Å². The van der Waals surface area contributed by atoms with Gasteiger partial charge in [-0.3, -0.25) is 0 Å². The second-order valence-electron chi connectivity index (χ2n) is 4.87. The summed E-state index contributed by atoms with van der Waals surface area (Å²) in [5, 5.41) is 0. The van der Waals surface area contributed by atoms with Gasteiger partial charge in [0.05, 0.1) is 12.7 Å². The fraction of sp³-hybridized carbons (Fsp3) is 0.389. The maximum absolute atomic E-state index is 11.2. The second kappa shape index (κ2) is 9.14. The van der Waals surface area contributed by atoms with Crippen LogP contribution in [0.15, 0.2) is 59.8 Å². The molecule has 0 aromatic rings. The van der Waals surface area contributed by atoms with E-state index in [1.54, 1.807) is 6.92 Å². The molecule has 1 unspecified atom stereocenters. The van der Waals surface area contributed by atoms with Crippen molar-refractivity contribution >= 4 is 5.97 Å². The number of rotatable bonds is 7. The number of esters is 1. The Labute approximate surface area is 127 Å². The third-order valence-electron chi connectivity index (χ3n) is 2.99. The zero-order valence-electron chi connectivity index (χ0n) is 13.1. The maximum atomic E-state index is 11.2. The number of carbonyl (C=O) groups is 1. The van der Waals surface area contributed by atoms with Gasteiger partial charge in [-0.1, -0.05) is 43.0 Å². The molecule has 0 amide bonds. The number of carbonyl (C=O) groups excluding carboxylic acids is 1. The average Bonchev–Trinajstić information content (AvgIpc) is 2.46. The van der Waals surface area contributed by atoms with E-state index >= 15 is 0 Å². The van der Waals surface area contributed by atoms with E-state index in [1.165, 1.54) is 11.1 Å². The van der Waals surface area contributed by atoms with E-state index in [4.69, 9.17) is 9.47 Å². The minimum absolute atomic E-state index is 0.0220. The zero-order valence-corrected chi connectivity index (χ0v) is 13.1. The molecule has 0 aromatic carbocycles. The fourth-order valence-corrected chi connectivity index (χ4v) is 2.00. The van der Waals surface area contributed by atoms with Gasteiger partial charge in [0, 0.05) is 12.0 Å².